The van der Waals surface area contributed by atoms with Gasteiger partial charge in [-0.05, 0) is 102 Å². The lowest BCUT2D eigenvalue weighted by molar-refractivity contribution is -0.441. The Hall–Kier alpha value is -8.57. The van der Waals surface area contributed by atoms with E-state index in [1.807, 2.05) is 74.1 Å². The van der Waals surface area contributed by atoms with E-state index in [4.69, 9.17) is 34.0 Å². The number of carbonyl (C=O) groups excluding carboxylic acids is 2. The van der Waals surface area contributed by atoms with Crippen LogP contribution in [0.3, 0.4) is 0 Å². The summed E-state index contributed by atoms with van der Waals surface area (Å²) in [7, 11) is 1.57. The highest BCUT2D eigenvalue weighted by atomic mass is 16.5. The monoisotopic (exact) mass is 1160 g/mol. The average Bonchev–Trinajstić information content (AvgIpc) is 1.52. The predicted octanol–water partition coefficient (Wildman–Crippen LogP) is 7.05. The van der Waals surface area contributed by atoms with Crippen molar-refractivity contribution in [3.05, 3.63) is 112 Å². The van der Waals surface area contributed by atoms with Crippen molar-refractivity contribution in [2.45, 2.75) is 122 Å². The normalized spacial score (nSPS) is 19.7. The zero-order valence-corrected chi connectivity index (χ0v) is 48.8. The SMILES string of the molecule is CCn1nccc1-c1ccc([C@H](CO)NC(=O)[C@@H]2C[C@@H](O)CN2C(=O)[C@H](C(C)C)n2cc3c(n2)c(=O)[nH]c2cc(COc4c(-c5c(C)ccc6[nH]ncc56)c(C5CC5)cc5c([N+]6=C7CN[C@@H](C7)C6)nc(OC6CCOCC6)nc45)cc(OC)c23)cc1. The first-order valence-corrected chi connectivity index (χ1v) is 30.0. The van der Waals surface area contributed by atoms with Crippen LogP contribution in [0.15, 0.2) is 84.0 Å². The van der Waals surface area contributed by atoms with E-state index in [0.29, 0.717) is 70.2 Å². The first kappa shape index (κ1) is 55.3. The summed E-state index contributed by atoms with van der Waals surface area (Å²) in [6.07, 6.45) is 8.64. The second-order valence-electron chi connectivity index (χ2n) is 24.0. The third-order valence-corrected chi connectivity index (χ3v) is 18.0. The Kier molecular flexibility index (Phi) is 14.4. The van der Waals surface area contributed by atoms with Gasteiger partial charge in [0.15, 0.2) is 11.3 Å². The molecule has 0 radical (unpaired) electrons. The minimum absolute atomic E-state index is 0.00389. The van der Waals surface area contributed by atoms with Gasteiger partial charge in [-0.25, -0.2) is 4.58 Å². The summed E-state index contributed by atoms with van der Waals surface area (Å²) in [5.74, 6) is 0.764. The van der Waals surface area contributed by atoms with Crippen LogP contribution in [0.5, 0.6) is 17.5 Å². The number of pyridine rings is 1. The molecule has 22 nitrogen and oxygen atoms in total. The van der Waals surface area contributed by atoms with Crippen molar-refractivity contribution < 1.29 is 43.3 Å². The zero-order valence-electron chi connectivity index (χ0n) is 48.8. The fourth-order valence-electron chi connectivity index (χ4n) is 13.5. The molecule has 9 aromatic rings. The Morgan fingerprint density at radius 1 is 0.965 bits per heavy atom. The second-order valence-corrected chi connectivity index (χ2v) is 24.0. The number of nitrogens with one attached hydrogen (secondary N) is 4. The molecule has 0 unspecified atom stereocenters. The van der Waals surface area contributed by atoms with E-state index in [2.05, 4.69) is 60.6 Å². The smallest absolute Gasteiger partial charge is 0.434 e. The van der Waals surface area contributed by atoms with Gasteiger partial charge in [0.05, 0.1) is 91.1 Å². The Balaban J connectivity index is 0.810. The first-order chi connectivity index (χ1) is 41.8. The van der Waals surface area contributed by atoms with Crippen molar-refractivity contribution in [2.75, 3.05) is 46.6 Å². The number of rotatable bonds is 18. The van der Waals surface area contributed by atoms with Crippen molar-refractivity contribution in [2.24, 2.45) is 5.92 Å². The number of amides is 2. The molecule has 4 fully saturated rings. The molecule has 5 aliphatic rings. The van der Waals surface area contributed by atoms with E-state index >= 15 is 0 Å². The molecular weight excluding hydrogens is 1090 g/mol. The molecule has 1 aliphatic carbocycles. The highest BCUT2D eigenvalue weighted by Gasteiger charge is 2.44. The summed E-state index contributed by atoms with van der Waals surface area (Å²) < 4.78 is 31.6. The van der Waals surface area contributed by atoms with Crippen LogP contribution in [0.1, 0.15) is 99.6 Å². The molecule has 1 saturated carbocycles. The third-order valence-electron chi connectivity index (χ3n) is 18.0. The Labute approximate surface area is 494 Å². The Morgan fingerprint density at radius 3 is 2.52 bits per heavy atom. The number of aromatic nitrogens is 9. The fraction of sp³-hybridized carbons (Fsp3) is 0.422. The van der Waals surface area contributed by atoms with Gasteiger partial charge in [-0.15, -0.1) is 0 Å². The number of likely N-dealkylation sites (tertiary alicyclic amines) is 1. The van der Waals surface area contributed by atoms with Gasteiger partial charge in [0.2, 0.25) is 11.8 Å². The molecule has 14 rings (SSSR count). The molecule has 3 saturated heterocycles. The summed E-state index contributed by atoms with van der Waals surface area (Å²) in [5, 5.41) is 47.9. The minimum Gasteiger partial charge on any atom is -0.496 e. The summed E-state index contributed by atoms with van der Waals surface area (Å²) in [4.78, 5) is 58.5. The van der Waals surface area contributed by atoms with Crippen LogP contribution in [0.2, 0.25) is 0 Å². The van der Waals surface area contributed by atoms with Gasteiger partial charge in [0.1, 0.15) is 42.6 Å². The van der Waals surface area contributed by atoms with Crippen LogP contribution < -0.4 is 30.4 Å². The molecule has 22 heteroatoms. The average molecular weight is 1170 g/mol. The maximum Gasteiger partial charge on any atom is 0.434 e. The quantitative estimate of drug-likeness (QED) is 0.0470. The van der Waals surface area contributed by atoms with E-state index in [0.717, 1.165) is 101 Å². The van der Waals surface area contributed by atoms with Crippen molar-refractivity contribution in [3.63, 3.8) is 0 Å². The molecule has 2 bridgehead atoms. The maximum absolute atomic E-state index is 15.0. The van der Waals surface area contributed by atoms with E-state index < -0.39 is 48.2 Å². The van der Waals surface area contributed by atoms with Crippen molar-refractivity contribution in [1.82, 2.24) is 60.2 Å². The standard InChI is InChI=1S/C64H69N13O9/c1-6-76-50(15-18-67-76)38-12-10-37(11-13-38)49(31-78)69-61(80)51-24-41(79)29-75(51)63(82)58(33(2)3)77-30-46-54-48(68-62(81)57(46)73-77)21-35(22-52(54)83-5)32-85-59-55(53-34(4)7-14-47-45(53)27-66-72-47)43(36-8-9-36)25-44-56(59)70-64(86-42-16-19-84-20-17-42)71-60(44)74-28-39-23-40(74)26-65-39/h7,10-15,18,21-22,25,27,30,33,36,39,41-42,49,51,58,65,78-79H,6,8-9,16-17,19-20,23-24,26,28-29,31-32H2,1-5H3,(H2-,66,68,69,70,71,72,80,81)/p+1/t39-,41+,49-,51-,58-/m0/s1. The van der Waals surface area contributed by atoms with E-state index in [1.54, 1.807) is 19.5 Å². The number of aliphatic hydroxyl groups excluding tert-OH is 2. The van der Waals surface area contributed by atoms with Crippen LogP contribution in [-0.2, 0) is 27.5 Å². The number of methoxy groups -OCH3 is 1. The molecular formula is C64H70N13O9+. The number of nitrogens with zero attached hydrogens (tertiary/aromatic N) is 9. The molecule has 0 spiro atoms. The van der Waals surface area contributed by atoms with Crippen molar-refractivity contribution in [1.29, 1.82) is 0 Å². The van der Waals surface area contributed by atoms with Crippen LogP contribution in [0, 0.1) is 12.8 Å². The number of carbonyl (C=O) groups is 2. The topological polar surface area (TPSA) is 265 Å². The van der Waals surface area contributed by atoms with Gasteiger partial charge in [-0.1, -0.05) is 44.2 Å². The summed E-state index contributed by atoms with van der Waals surface area (Å²) >= 11 is 0. The predicted molar refractivity (Wildman–Crippen MR) is 322 cm³/mol. The van der Waals surface area contributed by atoms with E-state index in [9.17, 15) is 24.6 Å². The Bertz CT molecular complexity index is 4230. The number of benzene rings is 4. The third kappa shape index (κ3) is 9.90. The van der Waals surface area contributed by atoms with Gasteiger partial charge in [0, 0.05) is 72.5 Å². The number of aliphatic hydroxyl groups is 2. The highest BCUT2D eigenvalue weighted by Crippen LogP contribution is 2.53. The number of hydrogen-bond acceptors (Lipinski definition) is 15. The molecule has 5 aromatic heterocycles. The number of fused-ring (bicyclic) bond motifs is 7. The maximum atomic E-state index is 15.0. The molecule has 86 heavy (non-hydrogen) atoms. The first-order valence-electron chi connectivity index (χ1n) is 30.0. The lowest BCUT2D eigenvalue weighted by Crippen LogP contribution is -2.50. The molecule has 9 heterocycles. The zero-order chi connectivity index (χ0) is 59.1. The molecule has 4 aromatic carbocycles. The number of H-pyrrole nitrogens is 2. The van der Waals surface area contributed by atoms with Crippen LogP contribution >= 0.6 is 0 Å². The minimum atomic E-state index is -1.05. The van der Waals surface area contributed by atoms with E-state index in [-0.39, 0.29) is 49.0 Å². The molecule has 5 atom stereocenters. The number of β-amino-alcohol motifs (C(OH)–C–C–N with tert-alkyl or cyclic N) is 1. The van der Waals surface area contributed by atoms with Crippen LogP contribution in [0.25, 0.3) is 66.0 Å². The number of aromatic amines is 2. The van der Waals surface area contributed by atoms with Gasteiger partial charge in [0.25, 0.3) is 5.56 Å². The molecule has 444 valence electrons. The fourth-order valence-corrected chi connectivity index (χ4v) is 13.5. The number of aryl methyl sites for hydroxylation is 2. The summed E-state index contributed by atoms with van der Waals surface area (Å²) in [6, 6.07) is 17.5. The Morgan fingerprint density at radius 2 is 1.79 bits per heavy atom. The van der Waals surface area contributed by atoms with Crippen LogP contribution in [-0.4, -0.2) is 153 Å². The lowest BCUT2D eigenvalue weighted by Gasteiger charge is -2.30. The van der Waals surface area contributed by atoms with Gasteiger partial charge < -0.3 is 49.7 Å². The van der Waals surface area contributed by atoms with Gasteiger partial charge >= 0.3 is 11.8 Å². The highest BCUT2D eigenvalue weighted by molar-refractivity contribution is 6.08. The second kappa shape index (κ2) is 22.4. The van der Waals surface area contributed by atoms with Gasteiger partial charge in [-0.3, -0.25) is 28.8 Å². The summed E-state index contributed by atoms with van der Waals surface area (Å²) in [5.41, 5.74) is 10.3. The van der Waals surface area contributed by atoms with Crippen molar-refractivity contribution >= 4 is 67.0 Å². The summed E-state index contributed by atoms with van der Waals surface area (Å²) in [6.45, 7) is 10.9. The number of ether oxygens (including phenoxy) is 4. The molecule has 6 N–H and O–H groups in total. The van der Waals surface area contributed by atoms with Crippen LogP contribution in [0.4, 0.5) is 5.82 Å². The van der Waals surface area contributed by atoms with Crippen molar-refractivity contribution in [3.8, 4) is 39.9 Å². The van der Waals surface area contributed by atoms with E-state index in [1.165, 1.54) is 15.3 Å². The van der Waals surface area contributed by atoms with Gasteiger partial charge in [-0.2, -0.15) is 20.3 Å². The largest absolute Gasteiger partial charge is 0.496 e. The molecule has 2 amide bonds. The molecule has 4 aliphatic heterocycles. The lowest BCUT2D eigenvalue weighted by atomic mass is 9.89. The number of hydrogen-bond donors (Lipinski definition) is 6.